The quantitative estimate of drug-likeness (QED) is 0.799. The summed E-state index contributed by atoms with van der Waals surface area (Å²) in [7, 11) is 2.18. The highest BCUT2D eigenvalue weighted by molar-refractivity contribution is 5.67. The van der Waals surface area contributed by atoms with E-state index in [1.54, 1.807) is 0 Å². The van der Waals surface area contributed by atoms with Crippen molar-refractivity contribution >= 4 is 5.69 Å². The van der Waals surface area contributed by atoms with E-state index in [0.717, 1.165) is 26.2 Å². The van der Waals surface area contributed by atoms with Crippen molar-refractivity contribution in [2.24, 2.45) is 0 Å². The predicted octanol–water partition coefficient (Wildman–Crippen LogP) is 4.54. The van der Waals surface area contributed by atoms with Crippen LogP contribution in [0.2, 0.25) is 0 Å². The van der Waals surface area contributed by atoms with Gasteiger partial charge in [-0.05, 0) is 60.8 Å². The Morgan fingerprint density at radius 2 is 1.59 bits per heavy atom. The van der Waals surface area contributed by atoms with Crippen molar-refractivity contribution in [1.82, 2.24) is 4.90 Å². The fraction of sp³-hybridized carbons (Fsp3) is 0.400. The molecular formula is C20H26N2. The third-order valence-electron chi connectivity index (χ3n) is 4.53. The maximum atomic E-state index is 2.43. The molecule has 0 unspecified atom stereocenters. The SMILES string of the molecule is CCCN(CC)c1ccc(-c2ccc3c(c2)CN(C)C3)cc1. The molecule has 0 saturated carbocycles. The zero-order chi connectivity index (χ0) is 15.5. The zero-order valence-corrected chi connectivity index (χ0v) is 14.0. The molecule has 2 nitrogen and oxygen atoms in total. The van der Waals surface area contributed by atoms with Gasteiger partial charge in [0, 0.05) is 31.9 Å². The molecule has 2 aromatic carbocycles. The van der Waals surface area contributed by atoms with Crippen molar-refractivity contribution in [2.45, 2.75) is 33.4 Å². The van der Waals surface area contributed by atoms with Crippen LogP contribution in [0.1, 0.15) is 31.4 Å². The minimum Gasteiger partial charge on any atom is -0.372 e. The Labute approximate surface area is 134 Å². The average Bonchev–Trinajstić information content (AvgIpc) is 2.92. The fourth-order valence-corrected chi connectivity index (χ4v) is 3.35. The third kappa shape index (κ3) is 3.02. The first-order valence-electron chi connectivity index (χ1n) is 8.37. The second kappa shape index (κ2) is 6.53. The van der Waals surface area contributed by atoms with E-state index in [0.29, 0.717) is 0 Å². The molecule has 22 heavy (non-hydrogen) atoms. The molecule has 2 aromatic rings. The summed E-state index contributed by atoms with van der Waals surface area (Å²) >= 11 is 0. The zero-order valence-electron chi connectivity index (χ0n) is 14.0. The summed E-state index contributed by atoms with van der Waals surface area (Å²) in [4.78, 5) is 4.79. The standard InChI is InChI=1S/C20H26N2/c1-4-12-22(5-2)20-10-8-16(9-11-20)17-6-7-18-14-21(3)15-19(18)13-17/h6-11,13H,4-5,12,14-15H2,1-3H3. The van der Waals surface area contributed by atoms with Crippen molar-refractivity contribution in [3.63, 3.8) is 0 Å². The lowest BCUT2D eigenvalue weighted by atomic mass is 10.0. The van der Waals surface area contributed by atoms with Crippen molar-refractivity contribution in [3.05, 3.63) is 53.6 Å². The van der Waals surface area contributed by atoms with E-state index in [4.69, 9.17) is 0 Å². The molecule has 0 saturated heterocycles. The first-order chi connectivity index (χ1) is 10.7. The Kier molecular flexibility index (Phi) is 4.49. The molecule has 116 valence electrons. The van der Waals surface area contributed by atoms with E-state index in [1.807, 2.05) is 0 Å². The Bertz CT molecular complexity index is 631. The summed E-state index contributed by atoms with van der Waals surface area (Å²) in [5.74, 6) is 0. The Balaban J connectivity index is 1.83. The molecule has 0 radical (unpaired) electrons. The maximum Gasteiger partial charge on any atom is 0.0366 e. The van der Waals surface area contributed by atoms with Crippen molar-refractivity contribution < 1.29 is 0 Å². The third-order valence-corrected chi connectivity index (χ3v) is 4.53. The number of anilines is 1. The highest BCUT2D eigenvalue weighted by Gasteiger charge is 2.15. The molecule has 0 N–H and O–H groups in total. The molecule has 0 amide bonds. The predicted molar refractivity (Wildman–Crippen MR) is 95.2 cm³/mol. The summed E-state index contributed by atoms with van der Waals surface area (Å²) in [6, 6.07) is 15.9. The lowest BCUT2D eigenvalue weighted by Gasteiger charge is -2.22. The van der Waals surface area contributed by atoms with Gasteiger partial charge in [-0.25, -0.2) is 0 Å². The van der Waals surface area contributed by atoms with Crippen LogP contribution in [0.3, 0.4) is 0 Å². The van der Waals surface area contributed by atoms with Gasteiger partial charge in [0.1, 0.15) is 0 Å². The number of benzene rings is 2. The molecule has 1 heterocycles. The molecule has 0 bridgehead atoms. The minimum atomic E-state index is 1.07. The van der Waals surface area contributed by atoms with Crippen molar-refractivity contribution in [1.29, 1.82) is 0 Å². The molecule has 0 fully saturated rings. The topological polar surface area (TPSA) is 6.48 Å². The van der Waals surface area contributed by atoms with Crippen LogP contribution in [-0.2, 0) is 13.1 Å². The van der Waals surface area contributed by atoms with Gasteiger partial charge in [0.25, 0.3) is 0 Å². The summed E-state index contributed by atoms with van der Waals surface area (Å²) in [5.41, 5.74) is 6.93. The Morgan fingerprint density at radius 1 is 0.909 bits per heavy atom. The van der Waals surface area contributed by atoms with E-state index in [1.165, 1.54) is 34.4 Å². The van der Waals surface area contributed by atoms with Gasteiger partial charge < -0.3 is 4.90 Å². The van der Waals surface area contributed by atoms with Gasteiger partial charge in [0.05, 0.1) is 0 Å². The number of hydrogen-bond donors (Lipinski definition) is 0. The number of rotatable bonds is 5. The van der Waals surface area contributed by atoms with E-state index in [9.17, 15) is 0 Å². The van der Waals surface area contributed by atoms with Crippen LogP contribution in [0.4, 0.5) is 5.69 Å². The maximum absolute atomic E-state index is 2.43. The summed E-state index contributed by atoms with van der Waals surface area (Å²) in [6.07, 6.45) is 1.19. The highest BCUT2D eigenvalue weighted by Crippen LogP contribution is 2.29. The van der Waals surface area contributed by atoms with Crippen LogP contribution < -0.4 is 4.90 Å². The van der Waals surface area contributed by atoms with Gasteiger partial charge in [0.15, 0.2) is 0 Å². The van der Waals surface area contributed by atoms with Crippen LogP contribution in [0, 0.1) is 0 Å². The molecule has 1 aliphatic rings. The van der Waals surface area contributed by atoms with E-state index in [-0.39, 0.29) is 0 Å². The van der Waals surface area contributed by atoms with Crippen LogP contribution in [0.25, 0.3) is 11.1 Å². The lowest BCUT2D eigenvalue weighted by Crippen LogP contribution is -2.23. The van der Waals surface area contributed by atoms with Gasteiger partial charge in [-0.15, -0.1) is 0 Å². The summed E-state index contributed by atoms with van der Waals surface area (Å²) in [5, 5.41) is 0. The monoisotopic (exact) mass is 294 g/mol. The largest absolute Gasteiger partial charge is 0.372 e. The lowest BCUT2D eigenvalue weighted by molar-refractivity contribution is 0.353. The van der Waals surface area contributed by atoms with Crippen molar-refractivity contribution in [2.75, 3.05) is 25.0 Å². The highest BCUT2D eigenvalue weighted by atomic mass is 15.1. The van der Waals surface area contributed by atoms with Gasteiger partial charge >= 0.3 is 0 Å². The second-order valence-corrected chi connectivity index (χ2v) is 6.28. The molecule has 0 aliphatic carbocycles. The molecular weight excluding hydrogens is 268 g/mol. The van der Waals surface area contributed by atoms with Crippen LogP contribution in [0.5, 0.6) is 0 Å². The van der Waals surface area contributed by atoms with Crippen LogP contribution >= 0.6 is 0 Å². The van der Waals surface area contributed by atoms with E-state index < -0.39 is 0 Å². The van der Waals surface area contributed by atoms with Crippen molar-refractivity contribution in [3.8, 4) is 11.1 Å². The molecule has 3 rings (SSSR count). The van der Waals surface area contributed by atoms with E-state index in [2.05, 4.69) is 73.2 Å². The average molecular weight is 294 g/mol. The normalized spacial score (nSPS) is 14.1. The van der Waals surface area contributed by atoms with Gasteiger partial charge in [0.2, 0.25) is 0 Å². The van der Waals surface area contributed by atoms with Gasteiger partial charge in [-0.1, -0.05) is 31.2 Å². The second-order valence-electron chi connectivity index (χ2n) is 6.28. The summed E-state index contributed by atoms with van der Waals surface area (Å²) < 4.78 is 0. The molecule has 1 aliphatic heterocycles. The smallest absolute Gasteiger partial charge is 0.0366 e. The molecule has 0 atom stereocenters. The molecule has 2 heteroatoms. The first-order valence-corrected chi connectivity index (χ1v) is 8.37. The number of nitrogens with zero attached hydrogens (tertiary/aromatic N) is 2. The summed E-state index contributed by atoms with van der Waals surface area (Å²) in [6.45, 7) is 8.80. The van der Waals surface area contributed by atoms with Crippen LogP contribution in [0.15, 0.2) is 42.5 Å². The number of fused-ring (bicyclic) bond motifs is 1. The van der Waals surface area contributed by atoms with Gasteiger partial charge in [-0.2, -0.15) is 0 Å². The Hall–Kier alpha value is -1.80. The molecule has 0 spiro atoms. The molecule has 0 aromatic heterocycles. The fourth-order valence-electron chi connectivity index (χ4n) is 3.35. The van der Waals surface area contributed by atoms with Crippen LogP contribution in [-0.4, -0.2) is 25.0 Å². The van der Waals surface area contributed by atoms with Gasteiger partial charge in [-0.3, -0.25) is 4.90 Å². The number of hydrogen-bond acceptors (Lipinski definition) is 2. The van der Waals surface area contributed by atoms with E-state index >= 15 is 0 Å². The minimum absolute atomic E-state index is 1.07. The Morgan fingerprint density at radius 3 is 2.27 bits per heavy atom. The first kappa shape index (κ1) is 15.1.